The van der Waals surface area contributed by atoms with E-state index in [-0.39, 0.29) is 56.6 Å². The first-order valence-corrected chi connectivity index (χ1v) is 12.0. The van der Waals surface area contributed by atoms with Gasteiger partial charge in [-0.15, -0.1) is 0 Å². The van der Waals surface area contributed by atoms with E-state index in [0.717, 1.165) is 11.1 Å². The minimum atomic E-state index is -3.62. The predicted octanol–water partition coefficient (Wildman–Crippen LogP) is 2.57. The maximum atomic E-state index is 13.0. The zero-order chi connectivity index (χ0) is 23.5. The van der Waals surface area contributed by atoms with E-state index in [9.17, 15) is 23.1 Å². The number of aromatic hydroxyl groups is 1. The number of carbonyl (C=O) groups is 2. The highest BCUT2D eigenvalue weighted by Crippen LogP contribution is 2.25. The van der Waals surface area contributed by atoms with Crippen molar-refractivity contribution in [2.75, 3.05) is 31.5 Å². The smallest absolute Gasteiger partial charge is 0.243 e. The molecule has 0 radical (unpaired) electrons. The third-order valence-corrected chi connectivity index (χ3v) is 7.59. The molecule has 32 heavy (non-hydrogen) atoms. The highest BCUT2D eigenvalue weighted by molar-refractivity contribution is 7.89. The molecule has 8 nitrogen and oxygen atoms in total. The molecular formula is C23H29N3O5S. The zero-order valence-corrected chi connectivity index (χ0v) is 19.4. The van der Waals surface area contributed by atoms with Crippen molar-refractivity contribution in [2.24, 2.45) is 0 Å². The normalized spacial score (nSPS) is 14.9. The molecule has 2 N–H and O–H groups in total. The third kappa shape index (κ3) is 5.46. The van der Waals surface area contributed by atoms with Gasteiger partial charge in [-0.2, -0.15) is 4.31 Å². The molecule has 0 saturated carbocycles. The minimum absolute atomic E-state index is 0.0161. The van der Waals surface area contributed by atoms with Crippen molar-refractivity contribution in [3.05, 3.63) is 53.1 Å². The second kappa shape index (κ2) is 9.70. The molecule has 0 aromatic heterocycles. The number of carbonyl (C=O) groups excluding carboxylic acids is 2. The van der Waals surface area contributed by atoms with Crippen molar-refractivity contribution in [1.29, 1.82) is 0 Å². The summed E-state index contributed by atoms with van der Waals surface area (Å²) in [6, 6.07) is 10.3. The van der Waals surface area contributed by atoms with E-state index in [2.05, 4.69) is 5.32 Å². The van der Waals surface area contributed by atoms with E-state index < -0.39 is 10.0 Å². The number of benzene rings is 2. The summed E-state index contributed by atoms with van der Waals surface area (Å²) in [4.78, 5) is 26.6. The molecule has 1 saturated heterocycles. The Bertz CT molecular complexity index is 1120. The molecule has 0 atom stereocenters. The Balaban J connectivity index is 1.52. The molecule has 1 heterocycles. The summed E-state index contributed by atoms with van der Waals surface area (Å²) in [5.41, 5.74) is 2.74. The van der Waals surface area contributed by atoms with E-state index in [0.29, 0.717) is 16.1 Å². The number of nitrogens with zero attached hydrogens (tertiary/aromatic N) is 2. The molecule has 0 spiro atoms. The highest BCUT2D eigenvalue weighted by atomic mass is 32.2. The highest BCUT2D eigenvalue weighted by Gasteiger charge is 2.31. The van der Waals surface area contributed by atoms with Crippen molar-refractivity contribution in [1.82, 2.24) is 9.21 Å². The fourth-order valence-corrected chi connectivity index (χ4v) is 5.37. The van der Waals surface area contributed by atoms with Crippen LogP contribution < -0.4 is 5.32 Å². The van der Waals surface area contributed by atoms with Gasteiger partial charge >= 0.3 is 0 Å². The summed E-state index contributed by atoms with van der Waals surface area (Å²) < 4.78 is 27.5. The lowest BCUT2D eigenvalue weighted by atomic mass is 10.2. The number of aryl methyl sites for hydroxylation is 3. The number of amides is 2. The first kappa shape index (κ1) is 23.7. The topological polar surface area (TPSA) is 107 Å². The van der Waals surface area contributed by atoms with Crippen molar-refractivity contribution in [3.8, 4) is 5.75 Å². The quantitative estimate of drug-likeness (QED) is 0.646. The van der Waals surface area contributed by atoms with E-state index in [1.807, 2.05) is 19.9 Å². The van der Waals surface area contributed by atoms with Gasteiger partial charge < -0.3 is 15.3 Å². The van der Waals surface area contributed by atoms with Crippen molar-refractivity contribution >= 4 is 27.5 Å². The van der Waals surface area contributed by atoms with Crippen LogP contribution in [0.5, 0.6) is 5.75 Å². The summed E-state index contributed by atoms with van der Waals surface area (Å²) in [5, 5.41) is 12.5. The Morgan fingerprint density at radius 3 is 2.22 bits per heavy atom. The van der Waals surface area contributed by atoms with E-state index in [4.69, 9.17) is 0 Å². The summed E-state index contributed by atoms with van der Waals surface area (Å²) in [6.45, 7) is 6.44. The maximum absolute atomic E-state index is 13.0. The zero-order valence-electron chi connectivity index (χ0n) is 18.6. The van der Waals surface area contributed by atoms with Crippen LogP contribution in [0.1, 0.15) is 29.5 Å². The van der Waals surface area contributed by atoms with E-state index in [1.165, 1.54) is 4.31 Å². The summed E-state index contributed by atoms with van der Waals surface area (Å²) >= 11 is 0. The minimum Gasteiger partial charge on any atom is -0.506 e. The number of hydrogen-bond donors (Lipinski definition) is 2. The Hall–Kier alpha value is -2.91. The fourth-order valence-electron chi connectivity index (χ4n) is 3.64. The van der Waals surface area contributed by atoms with Crippen molar-refractivity contribution in [3.63, 3.8) is 0 Å². The molecule has 0 aliphatic carbocycles. The van der Waals surface area contributed by atoms with Gasteiger partial charge in [0.2, 0.25) is 21.8 Å². The molecule has 2 aromatic rings. The summed E-state index contributed by atoms with van der Waals surface area (Å²) in [6.07, 6.45) is -0.00462. The van der Waals surface area contributed by atoms with Gasteiger partial charge in [-0.25, -0.2) is 8.42 Å². The molecule has 1 aliphatic rings. The summed E-state index contributed by atoms with van der Waals surface area (Å²) in [5.74, 6) is -0.587. The molecule has 2 aromatic carbocycles. The molecule has 172 valence electrons. The third-order valence-electron chi connectivity index (χ3n) is 5.55. The van der Waals surface area contributed by atoms with Gasteiger partial charge in [-0.1, -0.05) is 18.2 Å². The lowest BCUT2D eigenvalue weighted by Crippen LogP contribution is -2.50. The van der Waals surface area contributed by atoms with Gasteiger partial charge in [0.05, 0.1) is 10.6 Å². The number of piperazine rings is 1. The molecule has 0 unspecified atom stereocenters. The van der Waals surface area contributed by atoms with Gasteiger partial charge in [-0.3, -0.25) is 9.59 Å². The van der Waals surface area contributed by atoms with Crippen LogP contribution in [-0.4, -0.2) is 60.7 Å². The standard InChI is InChI=1S/C23H29N3O5S/c1-16-5-7-19(20(27)14-16)24-22(28)8-9-23(29)25-10-12-26(13-11-25)32(30,31)21-15-17(2)4-6-18(21)3/h4-7,14-15,27H,8-13H2,1-3H3,(H,24,28). The second-order valence-corrected chi connectivity index (χ2v) is 10.0. The Labute approximate surface area is 188 Å². The molecular weight excluding hydrogens is 430 g/mol. The molecule has 1 aliphatic heterocycles. The monoisotopic (exact) mass is 459 g/mol. The molecule has 2 amide bonds. The van der Waals surface area contributed by atoms with Crippen LogP contribution in [0.2, 0.25) is 0 Å². The van der Waals surface area contributed by atoms with Crippen LogP contribution in [0.4, 0.5) is 5.69 Å². The Morgan fingerprint density at radius 2 is 1.56 bits per heavy atom. The Morgan fingerprint density at radius 1 is 0.938 bits per heavy atom. The van der Waals surface area contributed by atoms with Crippen molar-refractivity contribution < 1.29 is 23.1 Å². The van der Waals surface area contributed by atoms with Gasteiger partial charge in [0.15, 0.2) is 0 Å². The van der Waals surface area contributed by atoms with Crippen LogP contribution in [0.3, 0.4) is 0 Å². The number of phenols is 1. The molecule has 3 rings (SSSR count). The first-order chi connectivity index (χ1) is 15.1. The Kier molecular flexibility index (Phi) is 7.20. The van der Waals surface area contributed by atoms with Gasteiger partial charge in [0, 0.05) is 39.0 Å². The maximum Gasteiger partial charge on any atom is 0.243 e. The van der Waals surface area contributed by atoms with E-state index in [1.54, 1.807) is 42.2 Å². The number of sulfonamides is 1. The lowest BCUT2D eigenvalue weighted by Gasteiger charge is -2.34. The van der Waals surface area contributed by atoms with Crippen LogP contribution in [0, 0.1) is 20.8 Å². The SMILES string of the molecule is Cc1ccc(NC(=O)CCC(=O)N2CCN(S(=O)(=O)c3cc(C)ccc3C)CC2)c(O)c1. The number of anilines is 1. The second-order valence-electron chi connectivity index (χ2n) is 8.12. The van der Waals surface area contributed by atoms with Gasteiger partial charge in [0.1, 0.15) is 5.75 Å². The summed E-state index contributed by atoms with van der Waals surface area (Å²) in [7, 11) is -3.62. The van der Waals surface area contributed by atoms with Crippen molar-refractivity contribution in [2.45, 2.75) is 38.5 Å². The largest absolute Gasteiger partial charge is 0.506 e. The van der Waals surface area contributed by atoms with Crippen LogP contribution in [-0.2, 0) is 19.6 Å². The van der Waals surface area contributed by atoms with Gasteiger partial charge in [0.25, 0.3) is 0 Å². The number of rotatable bonds is 6. The lowest BCUT2D eigenvalue weighted by molar-refractivity contribution is -0.133. The molecule has 1 fully saturated rings. The number of hydrogen-bond acceptors (Lipinski definition) is 5. The van der Waals surface area contributed by atoms with Gasteiger partial charge in [-0.05, 0) is 55.7 Å². The number of phenolic OH excluding ortho intramolecular Hbond substituents is 1. The van der Waals surface area contributed by atoms with Crippen LogP contribution in [0.25, 0.3) is 0 Å². The molecule has 0 bridgehead atoms. The predicted molar refractivity (Wildman–Crippen MR) is 122 cm³/mol. The molecule has 9 heteroatoms. The average molecular weight is 460 g/mol. The van der Waals surface area contributed by atoms with Crippen LogP contribution in [0.15, 0.2) is 41.3 Å². The average Bonchev–Trinajstić information content (AvgIpc) is 2.75. The number of nitrogens with one attached hydrogen (secondary N) is 1. The van der Waals surface area contributed by atoms with Crippen LogP contribution >= 0.6 is 0 Å². The first-order valence-electron chi connectivity index (χ1n) is 10.5. The van der Waals surface area contributed by atoms with E-state index >= 15 is 0 Å². The fraction of sp³-hybridized carbons (Fsp3) is 0.391.